The second kappa shape index (κ2) is 4.48. The minimum Gasteiger partial charge on any atom is -0.334 e. The Hall–Kier alpha value is -1.63. The summed E-state index contributed by atoms with van der Waals surface area (Å²) in [5.74, 6) is -1.02. The summed E-state index contributed by atoms with van der Waals surface area (Å²) in [7, 11) is 0. The van der Waals surface area contributed by atoms with Gasteiger partial charge in [-0.25, -0.2) is 0 Å². The summed E-state index contributed by atoms with van der Waals surface area (Å²) in [4.78, 5) is 42.8. The Kier molecular flexibility index (Phi) is 3.04. The van der Waals surface area contributed by atoms with Crippen molar-refractivity contribution < 1.29 is 24.1 Å². The van der Waals surface area contributed by atoms with Gasteiger partial charge in [0.05, 0.1) is 0 Å². The molecule has 2 amide bonds. The fourth-order valence-corrected chi connectivity index (χ4v) is 1.63. The van der Waals surface area contributed by atoms with Crippen molar-refractivity contribution in [1.29, 1.82) is 0 Å². The highest BCUT2D eigenvalue weighted by atomic mass is 16.9. The number of rotatable bonds is 2. The molecule has 0 unspecified atom stereocenters. The van der Waals surface area contributed by atoms with Crippen LogP contribution in [0.5, 0.6) is 0 Å². The van der Waals surface area contributed by atoms with Crippen LogP contribution in [0.4, 0.5) is 4.79 Å². The van der Waals surface area contributed by atoms with Gasteiger partial charge in [-0.1, -0.05) is 5.06 Å². The van der Waals surface area contributed by atoms with E-state index >= 15 is 0 Å². The zero-order chi connectivity index (χ0) is 11.5. The maximum Gasteiger partial charge on any atom is 0.553 e. The van der Waals surface area contributed by atoms with E-state index in [9.17, 15) is 14.4 Å². The van der Waals surface area contributed by atoms with Crippen LogP contribution in [-0.4, -0.2) is 41.2 Å². The third kappa shape index (κ3) is 2.30. The maximum atomic E-state index is 11.2. The molecule has 0 atom stereocenters. The third-order valence-corrected chi connectivity index (χ3v) is 2.44. The summed E-state index contributed by atoms with van der Waals surface area (Å²) in [5, 5.41) is 1.92. The van der Waals surface area contributed by atoms with E-state index in [1.54, 1.807) is 0 Å². The van der Waals surface area contributed by atoms with Crippen molar-refractivity contribution in [2.24, 2.45) is 0 Å². The van der Waals surface area contributed by atoms with Crippen LogP contribution >= 0.6 is 0 Å². The second-order valence-corrected chi connectivity index (χ2v) is 3.65. The monoisotopic (exact) mass is 228 g/mol. The molecule has 0 aromatic rings. The molecule has 2 fully saturated rings. The Bertz CT molecular complexity index is 308. The van der Waals surface area contributed by atoms with Crippen molar-refractivity contribution in [1.82, 2.24) is 10.1 Å². The first-order valence-corrected chi connectivity index (χ1v) is 5.17. The lowest BCUT2D eigenvalue weighted by Gasteiger charge is -2.16. The molecular weight excluding hydrogens is 216 g/mol. The number of carbonyl (C=O) groups excluding carboxylic acids is 3. The summed E-state index contributed by atoms with van der Waals surface area (Å²) in [6.07, 6.45) is 1.03. The number of hydroxylamine groups is 4. The number of imide groups is 1. The molecule has 0 bridgehead atoms. The van der Waals surface area contributed by atoms with E-state index in [4.69, 9.17) is 4.84 Å². The lowest BCUT2D eigenvalue weighted by atomic mass is 10.4. The molecule has 0 aromatic carbocycles. The topological polar surface area (TPSA) is 76.2 Å². The molecular formula is C9H12N2O5. The lowest BCUT2D eigenvalue weighted by molar-refractivity contribution is -0.192. The van der Waals surface area contributed by atoms with Gasteiger partial charge in [-0.15, -0.1) is 5.06 Å². The predicted molar refractivity (Wildman–Crippen MR) is 49.5 cm³/mol. The highest BCUT2D eigenvalue weighted by Crippen LogP contribution is 2.14. The number of nitrogens with zero attached hydrogens (tertiary/aromatic N) is 2. The van der Waals surface area contributed by atoms with Crippen molar-refractivity contribution in [2.75, 3.05) is 13.1 Å². The fraction of sp³-hybridized carbons (Fsp3) is 0.667. The van der Waals surface area contributed by atoms with Gasteiger partial charge in [0.2, 0.25) is 0 Å². The summed E-state index contributed by atoms with van der Waals surface area (Å²) in [6.45, 7) is 1.30. The summed E-state index contributed by atoms with van der Waals surface area (Å²) in [6, 6.07) is 0. The molecule has 2 rings (SSSR count). The zero-order valence-corrected chi connectivity index (χ0v) is 8.68. The van der Waals surface area contributed by atoms with E-state index in [1.165, 1.54) is 5.06 Å². The summed E-state index contributed by atoms with van der Waals surface area (Å²) in [5.41, 5.74) is 0. The van der Waals surface area contributed by atoms with E-state index in [0.717, 1.165) is 12.8 Å². The van der Waals surface area contributed by atoms with Crippen molar-refractivity contribution in [3.8, 4) is 0 Å². The Balaban J connectivity index is 1.82. The molecule has 0 aliphatic carbocycles. The number of carbonyl (C=O) groups is 3. The van der Waals surface area contributed by atoms with Crippen molar-refractivity contribution in [3.05, 3.63) is 0 Å². The van der Waals surface area contributed by atoms with Gasteiger partial charge in [-0.3, -0.25) is 14.4 Å². The number of amides is 2. The van der Waals surface area contributed by atoms with E-state index in [0.29, 0.717) is 18.2 Å². The Morgan fingerprint density at radius 1 is 1.00 bits per heavy atom. The smallest absolute Gasteiger partial charge is 0.334 e. The molecule has 0 saturated carbocycles. The van der Waals surface area contributed by atoms with Crippen LogP contribution in [0.3, 0.4) is 0 Å². The first-order valence-electron chi connectivity index (χ1n) is 5.17. The van der Waals surface area contributed by atoms with E-state index in [-0.39, 0.29) is 12.8 Å². The normalized spacial score (nSPS) is 21.6. The van der Waals surface area contributed by atoms with Crippen molar-refractivity contribution in [2.45, 2.75) is 25.7 Å². The molecule has 2 aliphatic rings. The first kappa shape index (κ1) is 10.9. The molecule has 16 heavy (non-hydrogen) atoms. The quantitative estimate of drug-likeness (QED) is 0.629. The highest BCUT2D eigenvalue weighted by molar-refractivity contribution is 6.01. The molecule has 0 spiro atoms. The van der Waals surface area contributed by atoms with E-state index < -0.39 is 18.0 Å². The average Bonchev–Trinajstić information content (AvgIpc) is 2.83. The molecule has 2 heterocycles. The average molecular weight is 228 g/mol. The number of hydrogen-bond donors (Lipinski definition) is 0. The van der Waals surface area contributed by atoms with Crippen LogP contribution in [0.2, 0.25) is 0 Å². The van der Waals surface area contributed by atoms with Crippen LogP contribution < -0.4 is 0 Å². The minimum atomic E-state index is -1.04. The Labute approximate surface area is 91.8 Å². The summed E-state index contributed by atoms with van der Waals surface area (Å²) < 4.78 is 0. The van der Waals surface area contributed by atoms with Gasteiger partial charge in [-0.2, -0.15) is 4.79 Å². The molecule has 0 N–H and O–H groups in total. The molecule has 7 heteroatoms. The standard InChI is InChI=1S/C9H12N2O5/c12-7-3-4-8(13)11(7)16-9(14)15-10-5-1-2-6-10/h1-6H2. The van der Waals surface area contributed by atoms with Crippen LogP contribution in [0.1, 0.15) is 25.7 Å². The van der Waals surface area contributed by atoms with Gasteiger partial charge in [-0.05, 0) is 12.8 Å². The summed E-state index contributed by atoms with van der Waals surface area (Å²) >= 11 is 0. The zero-order valence-electron chi connectivity index (χ0n) is 8.68. The first-order chi connectivity index (χ1) is 7.66. The molecule has 2 saturated heterocycles. The van der Waals surface area contributed by atoms with Gasteiger partial charge in [0, 0.05) is 25.9 Å². The maximum absolute atomic E-state index is 11.2. The van der Waals surface area contributed by atoms with Gasteiger partial charge in [0.1, 0.15) is 0 Å². The molecule has 0 radical (unpaired) electrons. The Morgan fingerprint density at radius 2 is 1.56 bits per heavy atom. The van der Waals surface area contributed by atoms with Gasteiger partial charge >= 0.3 is 6.16 Å². The van der Waals surface area contributed by atoms with Crippen LogP contribution in [-0.2, 0) is 19.3 Å². The molecule has 2 aliphatic heterocycles. The minimum absolute atomic E-state index is 0.0792. The highest BCUT2D eigenvalue weighted by Gasteiger charge is 2.34. The largest absolute Gasteiger partial charge is 0.553 e. The number of hydrogen-bond acceptors (Lipinski definition) is 6. The second-order valence-electron chi connectivity index (χ2n) is 3.65. The molecule has 7 nitrogen and oxygen atoms in total. The van der Waals surface area contributed by atoms with Gasteiger partial charge in [0.15, 0.2) is 0 Å². The van der Waals surface area contributed by atoms with Crippen LogP contribution in [0.15, 0.2) is 0 Å². The molecule has 0 aromatic heterocycles. The van der Waals surface area contributed by atoms with E-state index in [1.807, 2.05) is 0 Å². The van der Waals surface area contributed by atoms with Gasteiger partial charge in [0.25, 0.3) is 11.8 Å². The SMILES string of the molecule is O=C(ON1CCCC1)ON1C(=O)CCC1=O. The Morgan fingerprint density at radius 3 is 2.12 bits per heavy atom. The van der Waals surface area contributed by atoms with Crippen molar-refractivity contribution >= 4 is 18.0 Å². The van der Waals surface area contributed by atoms with Gasteiger partial charge < -0.3 is 4.84 Å². The van der Waals surface area contributed by atoms with E-state index in [2.05, 4.69) is 4.84 Å². The third-order valence-electron chi connectivity index (χ3n) is 2.44. The molecule has 88 valence electrons. The lowest BCUT2D eigenvalue weighted by Crippen LogP contribution is -2.35. The fourth-order valence-electron chi connectivity index (χ4n) is 1.63. The van der Waals surface area contributed by atoms with Crippen molar-refractivity contribution in [3.63, 3.8) is 0 Å². The van der Waals surface area contributed by atoms with Crippen LogP contribution in [0.25, 0.3) is 0 Å². The van der Waals surface area contributed by atoms with Crippen LogP contribution in [0, 0.1) is 0 Å². The predicted octanol–water partition coefficient (Wildman–Crippen LogP) is 0.214.